The van der Waals surface area contributed by atoms with Crippen molar-refractivity contribution in [2.24, 2.45) is 5.92 Å². The van der Waals surface area contributed by atoms with E-state index < -0.39 is 11.7 Å². The van der Waals surface area contributed by atoms with Gasteiger partial charge in [-0.25, -0.2) is 19.3 Å². The first-order valence-corrected chi connectivity index (χ1v) is 11.7. The third-order valence-corrected chi connectivity index (χ3v) is 6.24. The van der Waals surface area contributed by atoms with E-state index in [1.165, 1.54) is 36.8 Å². The molecule has 0 spiro atoms. The van der Waals surface area contributed by atoms with Gasteiger partial charge in [0.2, 0.25) is 0 Å². The average Bonchev–Trinajstić information content (AvgIpc) is 3.33. The summed E-state index contributed by atoms with van der Waals surface area (Å²) in [5.41, 5.74) is 1.26. The molecule has 1 fully saturated rings. The highest BCUT2D eigenvalue weighted by atomic mass is 32.1. The van der Waals surface area contributed by atoms with Crippen LogP contribution in [0.1, 0.15) is 30.3 Å². The fourth-order valence-electron chi connectivity index (χ4n) is 3.66. The Morgan fingerprint density at radius 1 is 1.24 bits per heavy atom. The zero-order chi connectivity index (χ0) is 24.1. The van der Waals surface area contributed by atoms with Gasteiger partial charge < -0.3 is 14.4 Å². The molecule has 1 N–H and O–H groups in total. The van der Waals surface area contributed by atoms with Crippen molar-refractivity contribution in [2.75, 3.05) is 37.0 Å². The van der Waals surface area contributed by atoms with Crippen LogP contribution in [0.2, 0.25) is 0 Å². The molecule has 34 heavy (non-hydrogen) atoms. The van der Waals surface area contributed by atoms with E-state index >= 15 is 0 Å². The standard InChI is InChI=1S/C23H24FN5O4S/c1-3-33-22(31)14-6-8-29(9-7-14)20-12-25-17(11-26-20)21(30)28-23-27-18(13-34-23)15-4-5-19(32-2)16(24)10-15/h4-5,10-14H,3,6-9H2,1-2H3,(H,27,28,30). The minimum absolute atomic E-state index is 0.0909. The average molecular weight is 486 g/mol. The maximum atomic E-state index is 14.0. The SMILES string of the molecule is CCOC(=O)C1CCN(c2cnc(C(=O)Nc3nc(-c4ccc(OC)c(F)c4)cs3)cn2)CC1. The second-order valence-corrected chi connectivity index (χ2v) is 8.47. The normalized spacial score (nSPS) is 14.0. The Balaban J connectivity index is 1.35. The molecule has 11 heteroatoms. The number of thiazole rings is 1. The van der Waals surface area contributed by atoms with Crippen LogP contribution < -0.4 is 15.0 Å². The van der Waals surface area contributed by atoms with Crippen LogP contribution in [0.5, 0.6) is 5.75 Å². The first-order chi connectivity index (χ1) is 16.5. The first-order valence-electron chi connectivity index (χ1n) is 10.8. The van der Waals surface area contributed by atoms with Crippen LogP contribution in [0.4, 0.5) is 15.3 Å². The summed E-state index contributed by atoms with van der Waals surface area (Å²) in [6.45, 7) is 3.52. The zero-order valence-corrected chi connectivity index (χ0v) is 19.6. The van der Waals surface area contributed by atoms with Crippen molar-refractivity contribution < 1.29 is 23.5 Å². The molecular formula is C23H24FN5O4S. The van der Waals surface area contributed by atoms with Gasteiger partial charge >= 0.3 is 5.97 Å². The number of esters is 1. The molecule has 9 nitrogen and oxygen atoms in total. The van der Waals surface area contributed by atoms with Crippen molar-refractivity contribution in [2.45, 2.75) is 19.8 Å². The van der Waals surface area contributed by atoms with Crippen molar-refractivity contribution in [3.05, 3.63) is 47.5 Å². The number of methoxy groups -OCH3 is 1. The third-order valence-electron chi connectivity index (χ3n) is 5.48. The van der Waals surface area contributed by atoms with Crippen molar-refractivity contribution in [3.8, 4) is 17.0 Å². The number of nitrogens with zero attached hydrogens (tertiary/aromatic N) is 4. The molecule has 1 aliphatic heterocycles. The maximum absolute atomic E-state index is 14.0. The van der Waals surface area contributed by atoms with Crippen molar-refractivity contribution in [1.29, 1.82) is 0 Å². The quantitative estimate of drug-likeness (QED) is 0.504. The molecule has 1 saturated heterocycles. The van der Waals surface area contributed by atoms with Crippen LogP contribution in [-0.2, 0) is 9.53 Å². The molecule has 1 aromatic carbocycles. The highest BCUT2D eigenvalue weighted by molar-refractivity contribution is 7.14. The summed E-state index contributed by atoms with van der Waals surface area (Å²) < 4.78 is 24.0. The van der Waals surface area contributed by atoms with Crippen molar-refractivity contribution in [3.63, 3.8) is 0 Å². The van der Waals surface area contributed by atoms with Crippen LogP contribution in [0.25, 0.3) is 11.3 Å². The van der Waals surface area contributed by atoms with Gasteiger partial charge in [0.15, 0.2) is 16.7 Å². The summed E-state index contributed by atoms with van der Waals surface area (Å²) in [6.07, 6.45) is 4.34. The van der Waals surface area contributed by atoms with Gasteiger partial charge in [-0.3, -0.25) is 14.9 Å². The van der Waals surface area contributed by atoms with Crippen LogP contribution in [0.15, 0.2) is 36.0 Å². The Morgan fingerprint density at radius 2 is 2.03 bits per heavy atom. The summed E-state index contributed by atoms with van der Waals surface area (Å²) in [5, 5.41) is 4.79. The predicted octanol–water partition coefficient (Wildman–Crippen LogP) is 3.78. The molecule has 1 amide bonds. The minimum Gasteiger partial charge on any atom is -0.494 e. The van der Waals surface area contributed by atoms with E-state index in [0.29, 0.717) is 54.7 Å². The van der Waals surface area contributed by atoms with Gasteiger partial charge in [-0.15, -0.1) is 11.3 Å². The molecule has 0 saturated carbocycles. The van der Waals surface area contributed by atoms with Gasteiger partial charge in [-0.1, -0.05) is 0 Å². The number of carbonyl (C=O) groups excluding carboxylic acids is 2. The fraction of sp³-hybridized carbons (Fsp3) is 0.348. The summed E-state index contributed by atoms with van der Waals surface area (Å²) in [6, 6.07) is 4.56. The van der Waals surface area contributed by atoms with Crippen LogP contribution in [-0.4, -0.2) is 53.6 Å². The van der Waals surface area contributed by atoms with Crippen LogP contribution >= 0.6 is 11.3 Å². The largest absolute Gasteiger partial charge is 0.494 e. The van der Waals surface area contributed by atoms with Crippen LogP contribution in [0, 0.1) is 11.7 Å². The third kappa shape index (κ3) is 5.30. The van der Waals surface area contributed by atoms with Gasteiger partial charge in [0.25, 0.3) is 5.91 Å². The van der Waals surface area contributed by atoms with Gasteiger partial charge in [0.1, 0.15) is 11.5 Å². The molecule has 1 aliphatic rings. The molecule has 0 unspecified atom stereocenters. The van der Waals surface area contributed by atoms with Gasteiger partial charge in [-0.2, -0.15) is 0 Å². The number of nitrogens with one attached hydrogen (secondary N) is 1. The van der Waals surface area contributed by atoms with Gasteiger partial charge in [-0.05, 0) is 38.0 Å². The number of amides is 1. The number of ether oxygens (including phenoxy) is 2. The second kappa shape index (κ2) is 10.6. The zero-order valence-electron chi connectivity index (χ0n) is 18.8. The van der Waals surface area contributed by atoms with E-state index in [9.17, 15) is 14.0 Å². The summed E-state index contributed by atoms with van der Waals surface area (Å²) in [7, 11) is 1.40. The van der Waals surface area contributed by atoms with Crippen molar-refractivity contribution >= 4 is 34.2 Å². The van der Waals surface area contributed by atoms with E-state index in [-0.39, 0.29) is 23.3 Å². The molecule has 3 heterocycles. The Kier molecular flexibility index (Phi) is 7.31. The summed E-state index contributed by atoms with van der Waals surface area (Å²) in [5.74, 6) is -0.370. The topological polar surface area (TPSA) is 107 Å². The highest BCUT2D eigenvalue weighted by Gasteiger charge is 2.26. The number of hydrogen-bond acceptors (Lipinski definition) is 9. The van der Waals surface area contributed by atoms with E-state index in [1.807, 2.05) is 4.90 Å². The number of piperidine rings is 1. The fourth-order valence-corrected chi connectivity index (χ4v) is 4.37. The van der Waals surface area contributed by atoms with E-state index in [4.69, 9.17) is 9.47 Å². The minimum atomic E-state index is -0.487. The van der Waals surface area contributed by atoms with Gasteiger partial charge in [0, 0.05) is 24.0 Å². The van der Waals surface area contributed by atoms with Crippen LogP contribution in [0.3, 0.4) is 0 Å². The molecule has 0 atom stereocenters. The number of aromatic nitrogens is 3. The molecule has 2 aromatic heterocycles. The maximum Gasteiger partial charge on any atom is 0.309 e. The summed E-state index contributed by atoms with van der Waals surface area (Å²) in [4.78, 5) is 39.5. The second-order valence-electron chi connectivity index (χ2n) is 7.61. The lowest BCUT2D eigenvalue weighted by atomic mass is 9.97. The summed E-state index contributed by atoms with van der Waals surface area (Å²) >= 11 is 1.22. The number of carbonyl (C=O) groups is 2. The van der Waals surface area contributed by atoms with E-state index in [0.717, 1.165) is 0 Å². The molecule has 178 valence electrons. The lowest BCUT2D eigenvalue weighted by Gasteiger charge is -2.31. The smallest absolute Gasteiger partial charge is 0.309 e. The molecule has 0 bridgehead atoms. The molecule has 0 aliphatic carbocycles. The monoisotopic (exact) mass is 485 g/mol. The molecule has 4 rings (SSSR count). The Bertz CT molecular complexity index is 1160. The molecular weight excluding hydrogens is 461 g/mol. The predicted molar refractivity (Wildman–Crippen MR) is 126 cm³/mol. The number of rotatable bonds is 7. The lowest BCUT2D eigenvalue weighted by molar-refractivity contribution is -0.148. The Hall–Kier alpha value is -3.60. The number of anilines is 2. The van der Waals surface area contributed by atoms with E-state index in [1.54, 1.807) is 24.6 Å². The van der Waals surface area contributed by atoms with Crippen molar-refractivity contribution in [1.82, 2.24) is 15.0 Å². The molecule has 0 radical (unpaired) electrons. The van der Waals surface area contributed by atoms with E-state index in [2.05, 4.69) is 20.3 Å². The van der Waals surface area contributed by atoms with Gasteiger partial charge in [0.05, 0.1) is 37.7 Å². The lowest BCUT2D eigenvalue weighted by Crippen LogP contribution is -2.37. The molecule has 3 aromatic rings. The first kappa shape index (κ1) is 23.6. The Morgan fingerprint density at radius 3 is 2.68 bits per heavy atom. The number of halogens is 1. The highest BCUT2D eigenvalue weighted by Crippen LogP contribution is 2.28. The Labute approximate surface area is 200 Å². The number of benzene rings is 1. The number of hydrogen-bond donors (Lipinski definition) is 1.